The highest BCUT2D eigenvalue weighted by atomic mass is 32.2. The molecule has 0 aliphatic heterocycles. The number of carbonyl (C=O) groups is 2. The average molecular weight is 367 g/mol. The maximum Gasteiger partial charge on any atom is 0.251 e. The Kier molecular flexibility index (Phi) is 7.72. The normalized spacial score (nSPS) is 11.2. The summed E-state index contributed by atoms with van der Waals surface area (Å²) in [5.41, 5.74) is 2.85. The summed E-state index contributed by atoms with van der Waals surface area (Å²) >= 11 is 1.56. The van der Waals surface area contributed by atoms with Crippen LogP contribution in [-0.4, -0.2) is 30.2 Å². The summed E-state index contributed by atoms with van der Waals surface area (Å²) < 4.78 is 0. The van der Waals surface area contributed by atoms with Crippen LogP contribution in [0.3, 0.4) is 0 Å². The van der Waals surface area contributed by atoms with Crippen molar-refractivity contribution in [3.8, 4) is 6.07 Å². The predicted octanol–water partition coefficient (Wildman–Crippen LogP) is 2.67. The molecular weight excluding hydrogens is 346 g/mol. The van der Waals surface area contributed by atoms with Gasteiger partial charge in [0.15, 0.2) is 0 Å². The minimum absolute atomic E-state index is 0.0842. The molecule has 0 aromatic heterocycles. The molecule has 0 bridgehead atoms. The Bertz CT molecular complexity index is 770. The van der Waals surface area contributed by atoms with Crippen molar-refractivity contribution in [1.29, 1.82) is 5.26 Å². The van der Waals surface area contributed by atoms with Crippen molar-refractivity contribution in [2.45, 2.75) is 18.7 Å². The van der Waals surface area contributed by atoms with Gasteiger partial charge < -0.3 is 10.6 Å². The first-order valence-electron chi connectivity index (χ1n) is 8.24. The first kappa shape index (κ1) is 19.5. The van der Waals surface area contributed by atoms with E-state index in [1.54, 1.807) is 36.0 Å². The van der Waals surface area contributed by atoms with E-state index in [0.717, 1.165) is 11.3 Å². The highest BCUT2D eigenvalue weighted by Crippen LogP contribution is 2.14. The number of nitrogens with one attached hydrogen (secondary N) is 2. The molecule has 2 N–H and O–H groups in total. The van der Waals surface area contributed by atoms with Gasteiger partial charge in [-0.1, -0.05) is 48.0 Å². The number of aryl methyl sites for hydroxylation is 1. The molecular formula is C20H21N3O2S. The SMILES string of the molecule is Cc1ccc(CSCC(NC(=O)c2ccccc2)C(=O)NCC#N)cc1. The quantitative estimate of drug-likeness (QED) is 0.703. The lowest BCUT2D eigenvalue weighted by Crippen LogP contribution is -2.48. The lowest BCUT2D eigenvalue weighted by molar-refractivity contribution is -0.122. The third-order valence-electron chi connectivity index (χ3n) is 3.67. The molecule has 0 aliphatic carbocycles. The molecule has 2 aromatic rings. The summed E-state index contributed by atoms with van der Waals surface area (Å²) in [5, 5.41) is 13.9. The highest BCUT2D eigenvalue weighted by molar-refractivity contribution is 7.98. The van der Waals surface area contributed by atoms with Crippen LogP contribution in [0.15, 0.2) is 54.6 Å². The van der Waals surface area contributed by atoms with Gasteiger partial charge >= 0.3 is 0 Å². The van der Waals surface area contributed by atoms with Crippen LogP contribution in [0, 0.1) is 18.3 Å². The molecule has 1 unspecified atom stereocenters. The summed E-state index contributed by atoms with van der Waals surface area (Å²) in [7, 11) is 0. The zero-order valence-electron chi connectivity index (χ0n) is 14.6. The topological polar surface area (TPSA) is 82.0 Å². The number of thioether (sulfide) groups is 1. The van der Waals surface area contributed by atoms with Crippen LogP contribution in [0.25, 0.3) is 0 Å². The number of hydrogen-bond donors (Lipinski definition) is 2. The van der Waals surface area contributed by atoms with Crippen molar-refractivity contribution >= 4 is 23.6 Å². The Hall–Kier alpha value is -2.78. The number of benzene rings is 2. The first-order valence-corrected chi connectivity index (χ1v) is 9.39. The van der Waals surface area contributed by atoms with Gasteiger partial charge in [0.05, 0.1) is 6.07 Å². The molecule has 134 valence electrons. The van der Waals surface area contributed by atoms with Gasteiger partial charge in [0.2, 0.25) is 5.91 Å². The lowest BCUT2D eigenvalue weighted by Gasteiger charge is -2.17. The van der Waals surface area contributed by atoms with Crippen LogP contribution in [-0.2, 0) is 10.5 Å². The molecule has 2 amide bonds. The number of hydrogen-bond acceptors (Lipinski definition) is 4. The van der Waals surface area contributed by atoms with Crippen LogP contribution in [0.2, 0.25) is 0 Å². The molecule has 0 aliphatic rings. The van der Waals surface area contributed by atoms with Gasteiger partial charge in [-0.05, 0) is 24.6 Å². The molecule has 2 aromatic carbocycles. The van der Waals surface area contributed by atoms with Crippen molar-refractivity contribution in [2.75, 3.05) is 12.3 Å². The van der Waals surface area contributed by atoms with Crippen LogP contribution < -0.4 is 10.6 Å². The zero-order chi connectivity index (χ0) is 18.8. The third kappa shape index (κ3) is 6.26. The number of nitrogens with zero attached hydrogens (tertiary/aromatic N) is 1. The van der Waals surface area contributed by atoms with Gasteiger partial charge in [-0.3, -0.25) is 9.59 Å². The molecule has 5 nitrogen and oxygen atoms in total. The van der Waals surface area contributed by atoms with E-state index in [1.165, 1.54) is 5.56 Å². The molecule has 2 rings (SSSR count). The molecule has 1 atom stereocenters. The molecule has 0 saturated heterocycles. The minimum Gasteiger partial charge on any atom is -0.341 e. The van der Waals surface area contributed by atoms with E-state index in [2.05, 4.69) is 22.8 Å². The molecule has 26 heavy (non-hydrogen) atoms. The number of nitriles is 1. The lowest BCUT2D eigenvalue weighted by atomic mass is 10.2. The molecule has 0 spiro atoms. The summed E-state index contributed by atoms with van der Waals surface area (Å²) in [6.45, 7) is 1.95. The van der Waals surface area contributed by atoms with Crippen molar-refractivity contribution in [3.63, 3.8) is 0 Å². The van der Waals surface area contributed by atoms with Crippen molar-refractivity contribution in [2.24, 2.45) is 0 Å². The Morgan fingerprint density at radius 3 is 2.46 bits per heavy atom. The number of carbonyl (C=O) groups excluding carboxylic acids is 2. The van der Waals surface area contributed by atoms with Crippen LogP contribution in [0.1, 0.15) is 21.5 Å². The van der Waals surface area contributed by atoms with Crippen LogP contribution in [0.5, 0.6) is 0 Å². The predicted molar refractivity (Wildman–Crippen MR) is 104 cm³/mol. The average Bonchev–Trinajstić information content (AvgIpc) is 2.67. The molecule has 0 radical (unpaired) electrons. The second-order valence-electron chi connectivity index (χ2n) is 5.77. The highest BCUT2D eigenvalue weighted by Gasteiger charge is 2.21. The molecule has 0 fully saturated rings. The van der Waals surface area contributed by atoms with E-state index in [-0.39, 0.29) is 18.4 Å². The Morgan fingerprint density at radius 1 is 1.12 bits per heavy atom. The Labute approximate surface area is 157 Å². The van der Waals surface area contributed by atoms with E-state index in [4.69, 9.17) is 5.26 Å². The Morgan fingerprint density at radius 2 is 1.81 bits per heavy atom. The fraction of sp³-hybridized carbons (Fsp3) is 0.250. The maximum atomic E-state index is 12.3. The van der Waals surface area contributed by atoms with Crippen LogP contribution >= 0.6 is 11.8 Å². The van der Waals surface area contributed by atoms with Crippen molar-refractivity contribution in [3.05, 3.63) is 71.3 Å². The minimum atomic E-state index is -0.702. The summed E-state index contributed by atoms with van der Waals surface area (Å²) in [6, 6.07) is 18.1. The van der Waals surface area contributed by atoms with Gasteiger partial charge in [0, 0.05) is 17.1 Å². The first-order chi connectivity index (χ1) is 12.6. The largest absolute Gasteiger partial charge is 0.341 e. The van der Waals surface area contributed by atoms with E-state index >= 15 is 0 Å². The fourth-order valence-corrected chi connectivity index (χ4v) is 3.26. The van der Waals surface area contributed by atoms with Crippen molar-refractivity contribution < 1.29 is 9.59 Å². The Balaban J connectivity index is 1.96. The van der Waals surface area contributed by atoms with Crippen molar-refractivity contribution in [1.82, 2.24) is 10.6 Å². The fourth-order valence-electron chi connectivity index (χ4n) is 2.24. The maximum absolute atomic E-state index is 12.3. The molecule has 0 saturated carbocycles. The summed E-state index contributed by atoms with van der Waals surface area (Å²) in [4.78, 5) is 24.6. The smallest absolute Gasteiger partial charge is 0.251 e. The monoisotopic (exact) mass is 367 g/mol. The van der Waals surface area contributed by atoms with E-state index < -0.39 is 6.04 Å². The van der Waals surface area contributed by atoms with E-state index in [1.807, 2.05) is 31.2 Å². The van der Waals surface area contributed by atoms with E-state index in [9.17, 15) is 9.59 Å². The summed E-state index contributed by atoms with van der Waals surface area (Å²) in [5.74, 6) is 0.499. The number of rotatable bonds is 8. The third-order valence-corrected chi connectivity index (χ3v) is 4.78. The summed E-state index contributed by atoms with van der Waals surface area (Å²) in [6.07, 6.45) is 0. The van der Waals surface area contributed by atoms with Gasteiger partial charge in [-0.15, -0.1) is 0 Å². The van der Waals surface area contributed by atoms with Crippen LogP contribution in [0.4, 0.5) is 0 Å². The zero-order valence-corrected chi connectivity index (χ0v) is 15.4. The van der Waals surface area contributed by atoms with Gasteiger partial charge in [0.1, 0.15) is 12.6 Å². The van der Waals surface area contributed by atoms with Gasteiger partial charge in [0.25, 0.3) is 5.91 Å². The van der Waals surface area contributed by atoms with Gasteiger partial charge in [-0.2, -0.15) is 17.0 Å². The second-order valence-corrected chi connectivity index (χ2v) is 6.80. The molecule has 6 heteroatoms. The van der Waals surface area contributed by atoms with Gasteiger partial charge in [-0.25, -0.2) is 0 Å². The number of amides is 2. The molecule has 0 heterocycles. The standard InChI is InChI=1S/C20H21N3O2S/c1-15-7-9-16(10-8-15)13-26-14-18(20(25)22-12-11-21)23-19(24)17-5-3-2-4-6-17/h2-10,18H,12-14H2,1H3,(H,22,25)(H,23,24). The van der Waals surface area contributed by atoms with E-state index in [0.29, 0.717) is 11.3 Å². The second kappa shape index (κ2) is 10.3.